The van der Waals surface area contributed by atoms with E-state index < -0.39 is 30.1 Å². The molecule has 3 unspecified atom stereocenters. The lowest BCUT2D eigenvalue weighted by molar-refractivity contribution is -0.153. The molecule has 2 aromatic carbocycles. The van der Waals surface area contributed by atoms with Crippen LogP contribution in [0.25, 0.3) is 11.1 Å². The number of likely N-dealkylation sites (tertiary alicyclic amines) is 1. The van der Waals surface area contributed by atoms with E-state index in [1.807, 2.05) is 55.5 Å². The molecule has 1 aliphatic heterocycles. The number of carbonyl (C=O) groups excluding carboxylic acids is 2. The Morgan fingerprint density at radius 1 is 1.15 bits per heavy atom. The number of terminal acetylenes is 1. The third kappa shape index (κ3) is 4.62. The molecule has 176 valence electrons. The van der Waals surface area contributed by atoms with Crippen molar-refractivity contribution in [2.75, 3.05) is 13.2 Å². The number of benzene rings is 2. The maximum atomic E-state index is 13.1. The molecule has 2 aromatic rings. The first-order chi connectivity index (χ1) is 16.4. The number of hydrogen-bond acceptors (Lipinski definition) is 4. The first-order valence-electron chi connectivity index (χ1n) is 11.5. The molecule has 34 heavy (non-hydrogen) atoms. The summed E-state index contributed by atoms with van der Waals surface area (Å²) in [5, 5.41) is 12.2. The number of alkyl carbamates (subject to hydrolysis) is 1. The fourth-order valence-corrected chi connectivity index (χ4v) is 4.94. The zero-order chi connectivity index (χ0) is 24.2. The first kappa shape index (κ1) is 23.4. The lowest BCUT2D eigenvalue weighted by Crippen LogP contribution is -2.56. The minimum atomic E-state index is -1.06. The minimum Gasteiger partial charge on any atom is -0.480 e. The smallest absolute Gasteiger partial charge is 0.407 e. The summed E-state index contributed by atoms with van der Waals surface area (Å²) in [6, 6.07) is 14.0. The summed E-state index contributed by atoms with van der Waals surface area (Å²) in [5.74, 6) is 0.943. The molecule has 7 heteroatoms. The van der Waals surface area contributed by atoms with Crippen LogP contribution in [0.15, 0.2) is 48.5 Å². The summed E-state index contributed by atoms with van der Waals surface area (Å²) < 4.78 is 5.54. The Hall–Kier alpha value is -3.79. The molecule has 1 saturated heterocycles. The number of carboxylic acid groups (broad SMARTS) is 1. The third-order valence-electron chi connectivity index (χ3n) is 6.69. The van der Waals surface area contributed by atoms with Crippen LogP contribution in [0.5, 0.6) is 0 Å². The zero-order valence-electron chi connectivity index (χ0n) is 19.1. The number of nitrogens with one attached hydrogen (secondary N) is 1. The van der Waals surface area contributed by atoms with Crippen LogP contribution in [0.1, 0.15) is 43.2 Å². The highest BCUT2D eigenvalue weighted by Crippen LogP contribution is 2.44. The van der Waals surface area contributed by atoms with E-state index in [1.54, 1.807) is 0 Å². The first-order valence-corrected chi connectivity index (χ1v) is 11.5. The van der Waals surface area contributed by atoms with Crippen molar-refractivity contribution in [3.63, 3.8) is 0 Å². The minimum absolute atomic E-state index is 0.0541. The molecule has 2 aliphatic rings. The van der Waals surface area contributed by atoms with Crippen molar-refractivity contribution in [2.24, 2.45) is 5.92 Å². The summed E-state index contributed by atoms with van der Waals surface area (Å²) in [6.07, 6.45) is 5.70. The van der Waals surface area contributed by atoms with Gasteiger partial charge in [-0.1, -0.05) is 55.5 Å². The molecule has 0 saturated carbocycles. The van der Waals surface area contributed by atoms with Crippen LogP contribution in [0.4, 0.5) is 4.79 Å². The largest absolute Gasteiger partial charge is 0.480 e. The van der Waals surface area contributed by atoms with Gasteiger partial charge >= 0.3 is 12.1 Å². The number of hydrogen-bond donors (Lipinski definition) is 2. The van der Waals surface area contributed by atoms with E-state index in [0.717, 1.165) is 22.3 Å². The van der Waals surface area contributed by atoms with E-state index >= 15 is 0 Å². The van der Waals surface area contributed by atoms with Crippen LogP contribution in [0.3, 0.4) is 0 Å². The molecular formula is C27H28N2O5. The molecular weight excluding hydrogens is 432 g/mol. The van der Waals surface area contributed by atoms with Crippen molar-refractivity contribution in [3.8, 4) is 23.5 Å². The van der Waals surface area contributed by atoms with Gasteiger partial charge in [0, 0.05) is 18.9 Å². The van der Waals surface area contributed by atoms with E-state index in [-0.39, 0.29) is 24.9 Å². The van der Waals surface area contributed by atoms with Crippen LogP contribution in [0.2, 0.25) is 0 Å². The van der Waals surface area contributed by atoms with E-state index in [4.69, 9.17) is 11.2 Å². The summed E-state index contributed by atoms with van der Waals surface area (Å²) in [7, 11) is 0. The van der Waals surface area contributed by atoms with Crippen molar-refractivity contribution in [1.82, 2.24) is 10.2 Å². The Morgan fingerprint density at radius 2 is 1.76 bits per heavy atom. The van der Waals surface area contributed by atoms with Gasteiger partial charge < -0.3 is 20.1 Å². The Labute approximate surface area is 199 Å². The van der Waals surface area contributed by atoms with Crippen molar-refractivity contribution < 1.29 is 24.2 Å². The zero-order valence-corrected chi connectivity index (χ0v) is 19.1. The summed E-state index contributed by atoms with van der Waals surface area (Å²) in [4.78, 5) is 38.8. The second-order valence-corrected chi connectivity index (χ2v) is 8.95. The van der Waals surface area contributed by atoms with Gasteiger partial charge in [-0.3, -0.25) is 4.79 Å². The summed E-state index contributed by atoms with van der Waals surface area (Å²) in [6.45, 7) is 2.38. The highest BCUT2D eigenvalue weighted by atomic mass is 16.5. The summed E-state index contributed by atoms with van der Waals surface area (Å²) in [5.41, 5.74) is 4.40. The number of rotatable bonds is 6. The lowest BCUT2D eigenvalue weighted by Gasteiger charge is -2.37. The van der Waals surface area contributed by atoms with Gasteiger partial charge in [0.1, 0.15) is 18.7 Å². The monoisotopic (exact) mass is 460 g/mol. The van der Waals surface area contributed by atoms with Crippen LogP contribution in [0, 0.1) is 18.3 Å². The van der Waals surface area contributed by atoms with E-state index in [0.29, 0.717) is 19.4 Å². The van der Waals surface area contributed by atoms with Gasteiger partial charge in [0.25, 0.3) is 0 Å². The lowest BCUT2D eigenvalue weighted by atomic mass is 9.91. The van der Waals surface area contributed by atoms with Crippen LogP contribution in [-0.2, 0) is 14.3 Å². The number of nitrogens with zero attached hydrogens (tertiary/aromatic N) is 1. The van der Waals surface area contributed by atoms with Crippen LogP contribution < -0.4 is 5.32 Å². The number of carbonyl (C=O) groups is 3. The Bertz CT molecular complexity index is 1090. The molecule has 1 fully saturated rings. The van der Waals surface area contributed by atoms with Crippen LogP contribution in [-0.4, -0.2) is 53.2 Å². The standard InChI is InChI=1S/C27H28N2O5/c1-3-8-23(25(30)29-14-13-17(2)15-24(29)26(31)32)28-27(33)34-16-22-20-11-6-4-9-18(20)19-10-5-7-12-21(19)22/h1,4-7,9-12,17,22-24H,8,13-16H2,2H3,(H,28,33)(H,31,32). The number of aliphatic carboxylic acids is 1. The summed E-state index contributed by atoms with van der Waals surface area (Å²) >= 11 is 0. The maximum Gasteiger partial charge on any atom is 0.407 e. The molecule has 7 nitrogen and oxygen atoms in total. The van der Waals surface area contributed by atoms with Gasteiger partial charge in [-0.25, -0.2) is 9.59 Å². The van der Waals surface area contributed by atoms with Gasteiger partial charge in [-0.05, 0) is 41.0 Å². The van der Waals surface area contributed by atoms with Gasteiger partial charge in [0.15, 0.2) is 0 Å². The number of piperidine rings is 1. The van der Waals surface area contributed by atoms with Gasteiger partial charge in [0.05, 0.1) is 0 Å². The molecule has 0 bridgehead atoms. The molecule has 2 amide bonds. The van der Waals surface area contributed by atoms with E-state index in [9.17, 15) is 19.5 Å². The topological polar surface area (TPSA) is 95.9 Å². The van der Waals surface area contributed by atoms with E-state index in [1.165, 1.54) is 4.90 Å². The number of carboxylic acids is 1. The molecule has 1 heterocycles. The van der Waals surface area contributed by atoms with E-state index in [2.05, 4.69) is 11.2 Å². The highest BCUT2D eigenvalue weighted by Gasteiger charge is 2.38. The molecule has 0 radical (unpaired) electrons. The third-order valence-corrected chi connectivity index (χ3v) is 6.69. The molecule has 1 aliphatic carbocycles. The van der Waals surface area contributed by atoms with Gasteiger partial charge in [0.2, 0.25) is 5.91 Å². The average Bonchev–Trinajstić information content (AvgIpc) is 3.15. The number of amides is 2. The predicted octanol–water partition coefficient (Wildman–Crippen LogP) is 3.63. The molecule has 2 N–H and O–H groups in total. The fourth-order valence-electron chi connectivity index (χ4n) is 4.94. The van der Waals surface area contributed by atoms with Crippen molar-refractivity contribution in [2.45, 2.75) is 44.2 Å². The number of ether oxygens (including phenoxy) is 1. The number of fused-ring (bicyclic) bond motifs is 3. The molecule has 0 spiro atoms. The van der Waals surface area contributed by atoms with Crippen molar-refractivity contribution in [3.05, 3.63) is 59.7 Å². The predicted molar refractivity (Wildman–Crippen MR) is 127 cm³/mol. The highest BCUT2D eigenvalue weighted by molar-refractivity contribution is 5.90. The second-order valence-electron chi connectivity index (χ2n) is 8.95. The van der Waals surface area contributed by atoms with Gasteiger partial charge in [-0.15, -0.1) is 12.3 Å². The quantitative estimate of drug-likeness (QED) is 0.642. The van der Waals surface area contributed by atoms with Gasteiger partial charge in [-0.2, -0.15) is 0 Å². The van der Waals surface area contributed by atoms with Crippen molar-refractivity contribution >= 4 is 18.0 Å². The Morgan fingerprint density at radius 3 is 2.35 bits per heavy atom. The molecule has 4 rings (SSSR count). The molecule has 3 atom stereocenters. The fraction of sp³-hybridized carbons (Fsp3) is 0.370. The Balaban J connectivity index is 1.44. The average molecular weight is 461 g/mol. The van der Waals surface area contributed by atoms with Crippen LogP contribution >= 0.6 is 0 Å². The van der Waals surface area contributed by atoms with Crippen molar-refractivity contribution in [1.29, 1.82) is 0 Å². The SMILES string of the molecule is C#CCC(NC(=O)OCC1c2ccccc2-c2ccccc21)C(=O)N1CCC(C)CC1C(=O)O. The molecule has 0 aromatic heterocycles. The second kappa shape index (κ2) is 10.0. The maximum absolute atomic E-state index is 13.1. The normalized spacial score (nSPS) is 19.9. The Kier molecular flexibility index (Phi) is 6.87.